The van der Waals surface area contributed by atoms with Gasteiger partial charge in [-0.25, -0.2) is 4.98 Å². The van der Waals surface area contributed by atoms with Crippen LogP contribution >= 0.6 is 11.8 Å². The summed E-state index contributed by atoms with van der Waals surface area (Å²) in [7, 11) is 1.82. The van der Waals surface area contributed by atoms with E-state index in [1.807, 2.05) is 39.1 Å². The van der Waals surface area contributed by atoms with Crippen molar-refractivity contribution < 1.29 is 9.59 Å². The summed E-state index contributed by atoms with van der Waals surface area (Å²) in [6.45, 7) is 10.5. The van der Waals surface area contributed by atoms with E-state index in [1.54, 1.807) is 28.9 Å². The molecule has 6 nitrogen and oxygen atoms in total. The number of carbonyl (C=O) groups is 2. The summed E-state index contributed by atoms with van der Waals surface area (Å²) in [6, 6.07) is 2.04. The topological polar surface area (TPSA) is 74.3 Å². The zero-order valence-corrected chi connectivity index (χ0v) is 21.7. The van der Waals surface area contributed by atoms with Crippen LogP contribution in [0.15, 0.2) is 52.0 Å². The second kappa shape index (κ2) is 11.7. The fraction of sp³-hybridized carbons (Fsp3) is 0.444. The van der Waals surface area contributed by atoms with Gasteiger partial charge in [-0.15, -0.1) is 0 Å². The molecule has 7 heteroatoms. The molecule has 0 atom stereocenters. The maximum atomic E-state index is 12.8. The first-order chi connectivity index (χ1) is 16.3. The summed E-state index contributed by atoms with van der Waals surface area (Å²) in [5, 5.41) is 6.33. The van der Waals surface area contributed by atoms with E-state index in [4.69, 9.17) is 0 Å². The number of nitrogens with zero attached hydrogens (tertiary/aromatic N) is 2. The number of piperidine rings is 1. The summed E-state index contributed by atoms with van der Waals surface area (Å²) >= 11 is 1.70. The Morgan fingerprint density at radius 3 is 2.62 bits per heavy atom. The van der Waals surface area contributed by atoms with E-state index in [2.05, 4.69) is 41.6 Å². The van der Waals surface area contributed by atoms with E-state index in [0.29, 0.717) is 18.8 Å². The monoisotopic (exact) mass is 480 g/mol. The van der Waals surface area contributed by atoms with E-state index >= 15 is 0 Å². The number of allylic oxidation sites excluding steroid dienone is 4. The van der Waals surface area contributed by atoms with Gasteiger partial charge in [-0.3, -0.25) is 9.59 Å². The largest absolute Gasteiger partial charge is 0.337 e. The van der Waals surface area contributed by atoms with Gasteiger partial charge in [-0.2, -0.15) is 0 Å². The van der Waals surface area contributed by atoms with Gasteiger partial charge in [0.25, 0.3) is 0 Å². The van der Waals surface area contributed by atoms with Crippen molar-refractivity contribution >= 4 is 35.5 Å². The Balaban J connectivity index is 1.66. The lowest BCUT2D eigenvalue weighted by molar-refractivity contribution is -0.127. The maximum Gasteiger partial charge on any atom is 0.246 e. The Morgan fingerprint density at radius 2 is 1.97 bits per heavy atom. The van der Waals surface area contributed by atoms with Crippen LogP contribution in [0.5, 0.6) is 0 Å². The molecule has 34 heavy (non-hydrogen) atoms. The first kappa shape index (κ1) is 26.0. The number of pyridine rings is 1. The summed E-state index contributed by atoms with van der Waals surface area (Å²) in [5.74, 6) is 0.656. The van der Waals surface area contributed by atoms with E-state index in [0.717, 1.165) is 42.0 Å². The van der Waals surface area contributed by atoms with Crippen molar-refractivity contribution in [2.75, 3.05) is 32.0 Å². The van der Waals surface area contributed by atoms with Crippen molar-refractivity contribution in [1.82, 2.24) is 15.2 Å². The number of hydrogen-bond donors (Lipinski definition) is 2. The molecule has 2 aliphatic rings. The highest BCUT2D eigenvalue weighted by molar-refractivity contribution is 8.07. The Kier molecular flexibility index (Phi) is 8.91. The lowest BCUT2D eigenvalue weighted by Crippen LogP contribution is -2.48. The lowest BCUT2D eigenvalue weighted by Gasteiger charge is -2.39. The molecule has 1 spiro atoms. The zero-order valence-electron chi connectivity index (χ0n) is 20.9. The molecule has 2 N–H and O–H groups in total. The number of fused-ring (bicyclic) bond motifs is 1. The van der Waals surface area contributed by atoms with E-state index in [-0.39, 0.29) is 17.2 Å². The third kappa shape index (κ3) is 6.27. The highest BCUT2D eigenvalue weighted by Crippen LogP contribution is 2.39. The molecular formula is C27H36N4O2S. The van der Waals surface area contributed by atoms with Crippen LogP contribution in [0.1, 0.15) is 51.7 Å². The molecule has 2 aliphatic heterocycles. The van der Waals surface area contributed by atoms with Crippen molar-refractivity contribution in [3.63, 3.8) is 0 Å². The molecule has 182 valence electrons. The van der Waals surface area contributed by atoms with Crippen LogP contribution < -0.4 is 10.6 Å². The Labute approximate surface area is 207 Å². The fourth-order valence-electron chi connectivity index (χ4n) is 4.25. The van der Waals surface area contributed by atoms with Gasteiger partial charge in [0.15, 0.2) is 0 Å². The van der Waals surface area contributed by atoms with Gasteiger partial charge in [-0.05, 0) is 83.3 Å². The molecule has 0 aliphatic carbocycles. The molecule has 0 aromatic carbocycles. The van der Waals surface area contributed by atoms with Gasteiger partial charge >= 0.3 is 0 Å². The summed E-state index contributed by atoms with van der Waals surface area (Å²) < 4.78 is 0. The van der Waals surface area contributed by atoms with Crippen LogP contribution in [0.25, 0.3) is 6.08 Å². The average molecular weight is 481 g/mol. The number of nitrogens with one attached hydrogen (secondary N) is 2. The van der Waals surface area contributed by atoms with Crippen LogP contribution in [0, 0.1) is 5.41 Å². The number of thioether (sulfide) groups is 1. The van der Waals surface area contributed by atoms with Gasteiger partial charge in [0.1, 0.15) is 5.82 Å². The van der Waals surface area contributed by atoms with Crippen molar-refractivity contribution in [3.05, 3.63) is 63.1 Å². The number of rotatable bonds is 7. The van der Waals surface area contributed by atoms with Crippen LogP contribution in [0.2, 0.25) is 0 Å². The standard InChI is InChI=1S/C27H36N4O2S/c1-6-8-23(19(3)4)34-22(7-2)18-31(5)24(32)10-9-20-15-21-16-27(11-13-28-14-12-27)26(33)30-25(21)29-17-20/h6-10,15,17,28H,11-14,16,18H2,1-5H3,(H,29,30,33)/b8-6-,10-9+,22-7+. The highest BCUT2D eigenvalue weighted by atomic mass is 32.2. The summed E-state index contributed by atoms with van der Waals surface area (Å²) in [6.07, 6.45) is 13.6. The van der Waals surface area contributed by atoms with Gasteiger partial charge < -0.3 is 15.5 Å². The second-order valence-corrected chi connectivity index (χ2v) is 10.4. The van der Waals surface area contributed by atoms with E-state index < -0.39 is 0 Å². The number of carbonyl (C=O) groups excluding carboxylic acids is 2. The number of amides is 2. The number of anilines is 1. The highest BCUT2D eigenvalue weighted by Gasteiger charge is 2.43. The normalized spacial score (nSPS) is 17.7. The summed E-state index contributed by atoms with van der Waals surface area (Å²) in [4.78, 5) is 34.0. The van der Waals surface area contributed by atoms with Crippen molar-refractivity contribution in [3.8, 4) is 0 Å². The second-order valence-electron chi connectivity index (χ2n) is 9.19. The average Bonchev–Trinajstić information content (AvgIpc) is 2.82. The molecule has 1 saturated heterocycles. The molecular weight excluding hydrogens is 444 g/mol. The molecule has 0 bridgehead atoms. The molecule has 2 amide bonds. The summed E-state index contributed by atoms with van der Waals surface area (Å²) in [5.41, 5.74) is 2.80. The number of hydrogen-bond acceptors (Lipinski definition) is 5. The first-order valence-electron chi connectivity index (χ1n) is 11.9. The quantitative estimate of drug-likeness (QED) is 0.428. The molecule has 0 radical (unpaired) electrons. The molecule has 1 aromatic rings. The molecule has 3 rings (SSSR count). The fourth-order valence-corrected chi connectivity index (χ4v) is 5.31. The zero-order chi connectivity index (χ0) is 24.7. The Hall–Kier alpha value is -2.64. The van der Waals surface area contributed by atoms with Crippen molar-refractivity contribution in [2.24, 2.45) is 5.41 Å². The minimum absolute atomic E-state index is 0.0643. The minimum atomic E-state index is -0.351. The molecule has 1 fully saturated rings. The predicted molar refractivity (Wildman–Crippen MR) is 142 cm³/mol. The van der Waals surface area contributed by atoms with Crippen LogP contribution in [-0.2, 0) is 16.0 Å². The van der Waals surface area contributed by atoms with Gasteiger partial charge in [-0.1, -0.05) is 35.6 Å². The molecule has 0 saturated carbocycles. The Morgan fingerprint density at radius 1 is 1.24 bits per heavy atom. The lowest BCUT2D eigenvalue weighted by atomic mass is 9.71. The van der Waals surface area contributed by atoms with Crippen LogP contribution in [0.3, 0.4) is 0 Å². The molecule has 1 aromatic heterocycles. The van der Waals surface area contributed by atoms with E-state index in [9.17, 15) is 9.59 Å². The van der Waals surface area contributed by atoms with Gasteiger partial charge in [0.2, 0.25) is 11.8 Å². The molecule has 3 heterocycles. The number of aromatic nitrogens is 1. The van der Waals surface area contributed by atoms with Crippen LogP contribution in [0.4, 0.5) is 5.82 Å². The maximum absolute atomic E-state index is 12.8. The smallest absolute Gasteiger partial charge is 0.246 e. The van der Waals surface area contributed by atoms with Gasteiger partial charge in [0.05, 0.1) is 12.0 Å². The third-order valence-corrected chi connectivity index (χ3v) is 7.74. The minimum Gasteiger partial charge on any atom is -0.337 e. The van der Waals surface area contributed by atoms with Crippen molar-refractivity contribution in [2.45, 2.75) is 47.0 Å². The van der Waals surface area contributed by atoms with Gasteiger partial charge in [0, 0.05) is 29.1 Å². The Bertz CT molecular complexity index is 1040. The molecule has 0 unspecified atom stereocenters. The third-order valence-electron chi connectivity index (χ3n) is 6.35. The predicted octanol–water partition coefficient (Wildman–Crippen LogP) is 4.92. The van der Waals surface area contributed by atoms with E-state index in [1.165, 1.54) is 10.5 Å². The van der Waals surface area contributed by atoms with Crippen LogP contribution in [-0.4, -0.2) is 48.4 Å². The van der Waals surface area contributed by atoms with Crippen molar-refractivity contribution in [1.29, 1.82) is 0 Å². The number of likely N-dealkylation sites (N-methyl/N-ethyl adjacent to an activating group) is 1. The SMILES string of the molecule is C/C=C\C(S/C(=C/C)CN(C)C(=O)/C=C/c1cnc2c(c1)CC1(CCNCC1)C(=O)N2)=C(C)C. The first-order valence-corrected chi connectivity index (χ1v) is 12.7.